The molecule has 0 bridgehead atoms. The zero-order chi connectivity index (χ0) is 12.3. The van der Waals surface area contributed by atoms with Crippen LogP contribution >= 0.6 is 33.9 Å². The average molecular weight is 358 g/mol. The van der Waals surface area contributed by atoms with Gasteiger partial charge in [0.2, 0.25) is 0 Å². The fraction of sp³-hybridized carbons (Fsp3) is 0.154. The Bertz CT molecular complexity index is 516. The Hall–Kier alpha value is -0.880. The van der Waals surface area contributed by atoms with E-state index in [1.54, 1.807) is 18.4 Å². The summed E-state index contributed by atoms with van der Waals surface area (Å²) in [6.45, 7) is 0. The van der Waals surface area contributed by atoms with E-state index in [-0.39, 0.29) is 5.78 Å². The zero-order valence-electron chi connectivity index (χ0n) is 9.27. The van der Waals surface area contributed by atoms with Crippen LogP contribution in [0.1, 0.15) is 15.9 Å². The van der Waals surface area contributed by atoms with Crippen molar-refractivity contribution in [2.24, 2.45) is 0 Å². The first-order valence-corrected chi connectivity index (χ1v) is 7.05. The average Bonchev–Trinajstić information content (AvgIpc) is 2.77. The van der Waals surface area contributed by atoms with E-state index in [4.69, 9.17) is 4.74 Å². The lowest BCUT2D eigenvalue weighted by Gasteiger charge is -2.02. The summed E-state index contributed by atoms with van der Waals surface area (Å²) < 4.78 is 6.22. The Kier molecular flexibility index (Phi) is 4.17. The Labute approximate surface area is 118 Å². The van der Waals surface area contributed by atoms with Crippen molar-refractivity contribution in [3.05, 3.63) is 49.7 Å². The van der Waals surface area contributed by atoms with Gasteiger partial charge in [-0.3, -0.25) is 4.79 Å². The fourth-order valence-electron chi connectivity index (χ4n) is 1.49. The smallest absolute Gasteiger partial charge is 0.168 e. The summed E-state index contributed by atoms with van der Waals surface area (Å²) in [4.78, 5) is 12.0. The van der Waals surface area contributed by atoms with Crippen LogP contribution in [-0.4, -0.2) is 12.9 Å². The predicted octanol–water partition coefficient (Wildman–Crippen LogP) is 3.79. The molecule has 2 aromatic rings. The van der Waals surface area contributed by atoms with E-state index >= 15 is 0 Å². The predicted molar refractivity (Wildman–Crippen MR) is 78.1 cm³/mol. The van der Waals surface area contributed by atoms with Gasteiger partial charge >= 0.3 is 0 Å². The van der Waals surface area contributed by atoms with Crippen molar-refractivity contribution < 1.29 is 9.53 Å². The molecular formula is C13H11IO2S. The standard InChI is InChI=1S/C13H11IO2S/c1-16-11-4-2-9(3-5-11)6-12(15)10-7-13(14)17-8-10/h2-5,7-8H,6H2,1H3. The summed E-state index contributed by atoms with van der Waals surface area (Å²) in [6, 6.07) is 9.53. The lowest BCUT2D eigenvalue weighted by Crippen LogP contribution is -2.01. The highest BCUT2D eigenvalue weighted by Gasteiger charge is 2.09. The molecule has 0 saturated heterocycles. The van der Waals surface area contributed by atoms with Crippen molar-refractivity contribution in [1.29, 1.82) is 0 Å². The number of hydrogen-bond donors (Lipinski definition) is 0. The summed E-state index contributed by atoms with van der Waals surface area (Å²) >= 11 is 3.82. The van der Waals surface area contributed by atoms with E-state index in [9.17, 15) is 4.79 Å². The number of ketones is 1. The van der Waals surface area contributed by atoms with Gasteiger partial charge < -0.3 is 4.74 Å². The van der Waals surface area contributed by atoms with Crippen LogP contribution in [0.25, 0.3) is 0 Å². The van der Waals surface area contributed by atoms with E-state index in [2.05, 4.69) is 22.6 Å². The minimum Gasteiger partial charge on any atom is -0.497 e. The molecular weight excluding hydrogens is 347 g/mol. The number of hydrogen-bond acceptors (Lipinski definition) is 3. The highest BCUT2D eigenvalue weighted by Crippen LogP contribution is 2.19. The molecule has 0 aliphatic rings. The first kappa shape index (κ1) is 12.6. The fourth-order valence-corrected chi connectivity index (χ4v) is 2.84. The third-order valence-corrected chi connectivity index (χ3v) is 4.20. The number of rotatable bonds is 4. The second-order valence-electron chi connectivity index (χ2n) is 3.59. The van der Waals surface area contributed by atoms with Gasteiger partial charge in [-0.1, -0.05) is 12.1 Å². The number of benzene rings is 1. The molecule has 0 aliphatic carbocycles. The molecule has 0 unspecified atom stereocenters. The largest absolute Gasteiger partial charge is 0.497 e. The molecule has 0 N–H and O–H groups in total. The molecule has 0 aliphatic heterocycles. The first-order valence-electron chi connectivity index (χ1n) is 5.09. The number of carbonyl (C=O) groups excluding carboxylic acids is 1. The normalized spacial score (nSPS) is 10.2. The van der Waals surface area contributed by atoms with Crippen molar-refractivity contribution in [1.82, 2.24) is 0 Å². The van der Waals surface area contributed by atoms with Crippen LogP contribution in [0.2, 0.25) is 0 Å². The van der Waals surface area contributed by atoms with E-state index in [0.717, 1.165) is 19.8 Å². The summed E-state index contributed by atoms with van der Waals surface area (Å²) in [7, 11) is 1.63. The maximum Gasteiger partial charge on any atom is 0.168 e. The number of halogens is 1. The molecule has 2 nitrogen and oxygen atoms in total. The summed E-state index contributed by atoms with van der Waals surface area (Å²) in [5.74, 6) is 0.973. The van der Waals surface area contributed by atoms with Crippen molar-refractivity contribution in [3.8, 4) is 5.75 Å². The molecule has 1 aromatic carbocycles. The van der Waals surface area contributed by atoms with E-state index in [1.165, 1.54) is 0 Å². The van der Waals surface area contributed by atoms with Gasteiger partial charge in [-0.05, 0) is 46.4 Å². The molecule has 1 heterocycles. The van der Waals surface area contributed by atoms with Gasteiger partial charge in [0.05, 0.1) is 9.99 Å². The molecule has 17 heavy (non-hydrogen) atoms. The molecule has 0 radical (unpaired) electrons. The van der Waals surface area contributed by atoms with Crippen molar-refractivity contribution in [2.45, 2.75) is 6.42 Å². The molecule has 0 atom stereocenters. The van der Waals surface area contributed by atoms with Gasteiger partial charge in [0.25, 0.3) is 0 Å². The van der Waals surface area contributed by atoms with Crippen LogP contribution < -0.4 is 4.74 Å². The van der Waals surface area contributed by atoms with Gasteiger partial charge in [-0.2, -0.15) is 0 Å². The Morgan fingerprint density at radius 2 is 2.06 bits per heavy atom. The van der Waals surface area contributed by atoms with Crippen molar-refractivity contribution in [3.63, 3.8) is 0 Å². The van der Waals surface area contributed by atoms with E-state index < -0.39 is 0 Å². The van der Waals surface area contributed by atoms with Crippen molar-refractivity contribution >= 4 is 39.7 Å². The highest BCUT2D eigenvalue weighted by atomic mass is 127. The summed E-state index contributed by atoms with van der Waals surface area (Å²) in [6.07, 6.45) is 0.441. The van der Waals surface area contributed by atoms with Gasteiger partial charge in [-0.15, -0.1) is 11.3 Å². The summed E-state index contributed by atoms with van der Waals surface area (Å²) in [5, 5.41) is 1.91. The van der Waals surface area contributed by atoms with E-state index in [1.807, 2.05) is 35.7 Å². The molecule has 0 spiro atoms. The second kappa shape index (κ2) is 5.64. The zero-order valence-corrected chi connectivity index (χ0v) is 12.2. The molecule has 0 amide bonds. The molecule has 4 heteroatoms. The number of methoxy groups -OCH3 is 1. The van der Waals surface area contributed by atoms with Crippen LogP contribution in [0.15, 0.2) is 35.7 Å². The van der Waals surface area contributed by atoms with Crippen LogP contribution in [0, 0.1) is 2.88 Å². The molecule has 2 rings (SSSR count). The third kappa shape index (κ3) is 3.29. The minimum atomic E-state index is 0.161. The first-order chi connectivity index (χ1) is 8.19. The summed E-state index contributed by atoms with van der Waals surface area (Å²) in [5.41, 5.74) is 1.81. The molecule has 88 valence electrons. The Morgan fingerprint density at radius 3 is 2.59 bits per heavy atom. The van der Waals surface area contributed by atoms with Crippen LogP contribution in [0.5, 0.6) is 5.75 Å². The van der Waals surface area contributed by atoms with E-state index in [0.29, 0.717) is 6.42 Å². The maximum absolute atomic E-state index is 12.0. The lowest BCUT2D eigenvalue weighted by atomic mass is 10.1. The molecule has 0 saturated carbocycles. The van der Waals surface area contributed by atoms with Gasteiger partial charge in [0.1, 0.15) is 5.75 Å². The topological polar surface area (TPSA) is 26.3 Å². The minimum absolute atomic E-state index is 0.161. The quantitative estimate of drug-likeness (QED) is 0.614. The third-order valence-electron chi connectivity index (χ3n) is 2.41. The number of Topliss-reactive ketones (excluding diaryl/α,β-unsaturated/α-hetero) is 1. The lowest BCUT2D eigenvalue weighted by molar-refractivity contribution is 0.0993. The Morgan fingerprint density at radius 1 is 1.35 bits per heavy atom. The number of carbonyl (C=O) groups is 1. The Balaban J connectivity index is 2.07. The molecule has 0 fully saturated rings. The second-order valence-corrected chi connectivity index (χ2v) is 6.39. The maximum atomic E-state index is 12.0. The number of ether oxygens (including phenoxy) is 1. The monoisotopic (exact) mass is 358 g/mol. The van der Waals surface area contributed by atoms with Crippen LogP contribution in [0.3, 0.4) is 0 Å². The highest BCUT2D eigenvalue weighted by molar-refractivity contribution is 14.1. The van der Waals surface area contributed by atoms with Crippen LogP contribution in [0.4, 0.5) is 0 Å². The van der Waals surface area contributed by atoms with Crippen LogP contribution in [-0.2, 0) is 6.42 Å². The SMILES string of the molecule is COc1ccc(CC(=O)c2csc(I)c2)cc1. The van der Waals surface area contributed by atoms with Gasteiger partial charge in [-0.25, -0.2) is 0 Å². The number of thiophene rings is 1. The van der Waals surface area contributed by atoms with Gasteiger partial charge in [0, 0.05) is 17.4 Å². The van der Waals surface area contributed by atoms with Crippen molar-refractivity contribution in [2.75, 3.05) is 7.11 Å². The molecule has 1 aromatic heterocycles. The van der Waals surface area contributed by atoms with Gasteiger partial charge in [0.15, 0.2) is 5.78 Å².